The van der Waals surface area contributed by atoms with E-state index in [1.54, 1.807) is 6.20 Å². The van der Waals surface area contributed by atoms with Gasteiger partial charge in [0.15, 0.2) is 0 Å². The Morgan fingerprint density at radius 3 is 2.91 bits per heavy atom. The lowest BCUT2D eigenvalue weighted by molar-refractivity contribution is 0.305. The number of nitrogens with zero attached hydrogens (tertiary/aromatic N) is 1. The van der Waals surface area contributed by atoms with Crippen molar-refractivity contribution in [1.82, 2.24) is 4.98 Å². The first-order chi connectivity index (χ1) is 5.34. The zero-order valence-electron chi connectivity index (χ0n) is 6.33. The van der Waals surface area contributed by atoms with Crippen LogP contribution >= 0.6 is 0 Å². The topological polar surface area (TPSA) is 33.1 Å². The standard InChI is InChI=1S/C9H11NO/c1-8(5-7-11)9-4-2-3-6-10-9/h2-4,6,11H,1,5,7H2. The summed E-state index contributed by atoms with van der Waals surface area (Å²) in [5.74, 6) is 0. The molecule has 0 saturated carbocycles. The van der Waals surface area contributed by atoms with E-state index in [1.165, 1.54) is 0 Å². The van der Waals surface area contributed by atoms with Crippen LogP contribution < -0.4 is 0 Å². The van der Waals surface area contributed by atoms with E-state index >= 15 is 0 Å². The second kappa shape index (κ2) is 3.88. The molecule has 1 rings (SSSR count). The van der Waals surface area contributed by atoms with Crippen LogP contribution in [0.5, 0.6) is 0 Å². The smallest absolute Gasteiger partial charge is 0.0656 e. The van der Waals surface area contributed by atoms with Gasteiger partial charge in [0.1, 0.15) is 0 Å². The zero-order valence-corrected chi connectivity index (χ0v) is 6.33. The molecule has 0 bridgehead atoms. The number of pyridine rings is 1. The van der Waals surface area contributed by atoms with Gasteiger partial charge in [-0.25, -0.2) is 0 Å². The van der Waals surface area contributed by atoms with Crippen LogP contribution in [-0.4, -0.2) is 16.7 Å². The van der Waals surface area contributed by atoms with E-state index < -0.39 is 0 Å². The highest BCUT2D eigenvalue weighted by molar-refractivity contribution is 5.59. The lowest BCUT2D eigenvalue weighted by atomic mass is 10.1. The van der Waals surface area contributed by atoms with E-state index in [-0.39, 0.29) is 6.61 Å². The minimum atomic E-state index is 0.134. The summed E-state index contributed by atoms with van der Waals surface area (Å²) < 4.78 is 0. The Labute approximate surface area is 66.2 Å². The Balaban J connectivity index is 2.69. The number of hydrogen-bond acceptors (Lipinski definition) is 2. The summed E-state index contributed by atoms with van der Waals surface area (Å²) in [5, 5.41) is 8.61. The Morgan fingerprint density at radius 2 is 2.36 bits per heavy atom. The van der Waals surface area contributed by atoms with Gasteiger partial charge < -0.3 is 5.11 Å². The first-order valence-electron chi connectivity index (χ1n) is 3.54. The number of hydrogen-bond donors (Lipinski definition) is 1. The van der Waals surface area contributed by atoms with Crippen molar-refractivity contribution in [1.29, 1.82) is 0 Å². The van der Waals surface area contributed by atoms with Crippen molar-refractivity contribution in [3.63, 3.8) is 0 Å². The molecule has 0 aliphatic heterocycles. The molecule has 0 fully saturated rings. The molecule has 2 nitrogen and oxygen atoms in total. The number of aliphatic hydroxyl groups is 1. The third kappa shape index (κ3) is 2.16. The van der Waals surface area contributed by atoms with Gasteiger partial charge in [-0.15, -0.1) is 0 Å². The molecule has 11 heavy (non-hydrogen) atoms. The fraction of sp³-hybridized carbons (Fsp3) is 0.222. The van der Waals surface area contributed by atoms with E-state index in [0.29, 0.717) is 6.42 Å². The molecule has 1 aromatic heterocycles. The molecule has 0 saturated heterocycles. The Kier molecular flexibility index (Phi) is 2.81. The highest BCUT2D eigenvalue weighted by Gasteiger charge is 1.96. The van der Waals surface area contributed by atoms with E-state index in [1.807, 2.05) is 18.2 Å². The van der Waals surface area contributed by atoms with Crippen molar-refractivity contribution in [3.8, 4) is 0 Å². The predicted molar refractivity (Wildman–Crippen MR) is 45.0 cm³/mol. The molecule has 0 unspecified atom stereocenters. The van der Waals surface area contributed by atoms with Crippen molar-refractivity contribution < 1.29 is 5.11 Å². The minimum Gasteiger partial charge on any atom is -0.396 e. The van der Waals surface area contributed by atoms with E-state index in [9.17, 15) is 0 Å². The fourth-order valence-electron chi connectivity index (χ4n) is 0.835. The van der Waals surface area contributed by atoms with Crippen molar-refractivity contribution >= 4 is 5.57 Å². The summed E-state index contributed by atoms with van der Waals surface area (Å²) in [6.45, 7) is 3.93. The molecule has 0 atom stereocenters. The predicted octanol–water partition coefficient (Wildman–Crippen LogP) is 1.48. The molecule has 1 aromatic rings. The molecule has 0 amide bonds. The maximum atomic E-state index is 8.61. The summed E-state index contributed by atoms with van der Waals surface area (Å²) in [6, 6.07) is 5.65. The summed E-state index contributed by atoms with van der Waals surface area (Å²) in [4.78, 5) is 4.09. The highest BCUT2D eigenvalue weighted by atomic mass is 16.2. The zero-order chi connectivity index (χ0) is 8.10. The molecule has 0 spiro atoms. The highest BCUT2D eigenvalue weighted by Crippen LogP contribution is 2.10. The summed E-state index contributed by atoms with van der Waals surface area (Å²) in [6.07, 6.45) is 2.31. The normalized spacial score (nSPS) is 9.55. The Hall–Kier alpha value is -1.15. The lowest BCUT2D eigenvalue weighted by Crippen LogP contribution is -1.89. The van der Waals surface area contributed by atoms with E-state index in [4.69, 9.17) is 5.11 Å². The summed E-state index contributed by atoms with van der Waals surface area (Å²) in [7, 11) is 0. The van der Waals surface area contributed by atoms with Gasteiger partial charge in [0.25, 0.3) is 0 Å². The van der Waals surface area contributed by atoms with Crippen molar-refractivity contribution in [2.45, 2.75) is 6.42 Å². The van der Waals surface area contributed by atoms with Gasteiger partial charge in [0, 0.05) is 12.8 Å². The van der Waals surface area contributed by atoms with Gasteiger partial charge in [-0.1, -0.05) is 12.6 Å². The number of rotatable bonds is 3. The Morgan fingerprint density at radius 1 is 1.55 bits per heavy atom. The number of aliphatic hydroxyl groups excluding tert-OH is 1. The molecule has 1 N–H and O–H groups in total. The molecule has 0 aliphatic carbocycles. The second-order valence-corrected chi connectivity index (χ2v) is 2.29. The molecule has 0 aliphatic rings. The quantitative estimate of drug-likeness (QED) is 0.706. The molecule has 58 valence electrons. The van der Waals surface area contributed by atoms with Crippen molar-refractivity contribution in [2.24, 2.45) is 0 Å². The monoisotopic (exact) mass is 149 g/mol. The van der Waals surface area contributed by atoms with E-state index in [2.05, 4.69) is 11.6 Å². The molecular formula is C9H11NO. The van der Waals surface area contributed by atoms with Gasteiger partial charge in [-0.2, -0.15) is 0 Å². The van der Waals surface area contributed by atoms with Gasteiger partial charge in [0.2, 0.25) is 0 Å². The van der Waals surface area contributed by atoms with Crippen LogP contribution in [0, 0.1) is 0 Å². The van der Waals surface area contributed by atoms with Crippen molar-refractivity contribution in [3.05, 3.63) is 36.7 Å². The molecule has 0 radical (unpaired) electrons. The maximum Gasteiger partial charge on any atom is 0.0656 e. The van der Waals surface area contributed by atoms with Crippen LogP contribution in [0.3, 0.4) is 0 Å². The maximum absolute atomic E-state index is 8.61. The van der Waals surface area contributed by atoms with Crippen LogP contribution in [0.2, 0.25) is 0 Å². The SMILES string of the molecule is C=C(CCO)c1ccccn1. The largest absolute Gasteiger partial charge is 0.396 e. The minimum absolute atomic E-state index is 0.134. The third-order valence-electron chi connectivity index (χ3n) is 1.44. The van der Waals surface area contributed by atoms with Gasteiger partial charge >= 0.3 is 0 Å². The first kappa shape index (κ1) is 7.95. The van der Waals surface area contributed by atoms with Crippen LogP contribution in [-0.2, 0) is 0 Å². The average molecular weight is 149 g/mol. The third-order valence-corrected chi connectivity index (χ3v) is 1.44. The van der Waals surface area contributed by atoms with E-state index in [0.717, 1.165) is 11.3 Å². The van der Waals surface area contributed by atoms with Crippen LogP contribution in [0.1, 0.15) is 12.1 Å². The summed E-state index contributed by atoms with van der Waals surface area (Å²) in [5.41, 5.74) is 1.75. The number of aromatic nitrogens is 1. The lowest BCUT2D eigenvalue weighted by Gasteiger charge is -2.00. The first-order valence-corrected chi connectivity index (χ1v) is 3.54. The fourth-order valence-corrected chi connectivity index (χ4v) is 0.835. The van der Waals surface area contributed by atoms with Gasteiger partial charge in [-0.3, -0.25) is 4.98 Å². The molecule has 1 heterocycles. The van der Waals surface area contributed by atoms with Crippen LogP contribution in [0.4, 0.5) is 0 Å². The summed E-state index contributed by atoms with van der Waals surface area (Å²) >= 11 is 0. The van der Waals surface area contributed by atoms with Crippen LogP contribution in [0.15, 0.2) is 31.0 Å². The van der Waals surface area contributed by atoms with Crippen molar-refractivity contribution in [2.75, 3.05) is 6.61 Å². The second-order valence-electron chi connectivity index (χ2n) is 2.29. The molecular weight excluding hydrogens is 138 g/mol. The molecule has 0 aromatic carbocycles. The average Bonchev–Trinajstić information content (AvgIpc) is 2.07. The molecule has 2 heteroatoms. The van der Waals surface area contributed by atoms with Gasteiger partial charge in [0.05, 0.1) is 5.69 Å². The van der Waals surface area contributed by atoms with Gasteiger partial charge in [-0.05, 0) is 24.1 Å². The Bertz CT molecular complexity index is 231. The van der Waals surface area contributed by atoms with Crippen LogP contribution in [0.25, 0.3) is 5.57 Å².